The van der Waals surface area contributed by atoms with Gasteiger partial charge in [0.05, 0.1) is 25.9 Å². The summed E-state index contributed by atoms with van der Waals surface area (Å²) in [7, 11) is 0. The molecular formula is C14H18N4O5. The average Bonchev–Trinajstić information content (AvgIpc) is 3.16. The first-order valence-corrected chi connectivity index (χ1v) is 7.19. The summed E-state index contributed by atoms with van der Waals surface area (Å²) >= 11 is 0. The van der Waals surface area contributed by atoms with Crippen LogP contribution in [0.15, 0.2) is 22.8 Å². The zero-order chi connectivity index (χ0) is 16.7. The van der Waals surface area contributed by atoms with Crippen LogP contribution in [-0.2, 0) is 14.4 Å². The van der Waals surface area contributed by atoms with Gasteiger partial charge in [0.25, 0.3) is 5.91 Å². The zero-order valence-corrected chi connectivity index (χ0v) is 12.4. The van der Waals surface area contributed by atoms with E-state index in [4.69, 9.17) is 4.42 Å². The van der Waals surface area contributed by atoms with Gasteiger partial charge in [-0.05, 0) is 25.0 Å². The molecule has 1 aliphatic carbocycles. The molecule has 2 rings (SSSR count). The molecule has 1 heterocycles. The van der Waals surface area contributed by atoms with E-state index in [2.05, 4.69) is 21.3 Å². The normalized spacial score (nSPS) is 13.0. The van der Waals surface area contributed by atoms with E-state index in [-0.39, 0.29) is 37.3 Å². The quantitative estimate of drug-likeness (QED) is 0.464. The van der Waals surface area contributed by atoms with Crippen molar-refractivity contribution in [3.05, 3.63) is 24.2 Å². The van der Waals surface area contributed by atoms with Crippen LogP contribution in [-0.4, -0.2) is 49.3 Å². The minimum atomic E-state index is -0.525. The lowest BCUT2D eigenvalue weighted by molar-refractivity contribution is -0.127. The predicted molar refractivity (Wildman–Crippen MR) is 78.2 cm³/mol. The van der Waals surface area contributed by atoms with Crippen LogP contribution in [0.2, 0.25) is 0 Å². The number of amides is 4. The van der Waals surface area contributed by atoms with Gasteiger partial charge < -0.3 is 25.7 Å². The van der Waals surface area contributed by atoms with Crippen LogP contribution >= 0.6 is 0 Å². The highest BCUT2D eigenvalue weighted by molar-refractivity contribution is 5.95. The Balaban J connectivity index is 1.55. The second-order valence-corrected chi connectivity index (χ2v) is 5.06. The smallest absolute Gasteiger partial charge is 0.287 e. The van der Waals surface area contributed by atoms with E-state index in [9.17, 15) is 19.2 Å². The standard InChI is InChI=1S/C14H18N4O5/c19-11(16-8-13(21)18-9-3-4-9)6-15-12(20)7-17-14(22)10-2-1-5-23-10/h1-2,5,9H,3-4,6-8H2,(H,15,20)(H,16,19)(H,17,22)(H,18,21). The molecule has 23 heavy (non-hydrogen) atoms. The van der Waals surface area contributed by atoms with Crippen molar-refractivity contribution in [2.75, 3.05) is 19.6 Å². The lowest BCUT2D eigenvalue weighted by Crippen LogP contribution is -2.44. The maximum atomic E-state index is 11.5. The number of hydrogen-bond acceptors (Lipinski definition) is 5. The maximum Gasteiger partial charge on any atom is 0.287 e. The lowest BCUT2D eigenvalue weighted by Gasteiger charge is -2.07. The molecule has 4 amide bonds. The van der Waals surface area contributed by atoms with Gasteiger partial charge in [0, 0.05) is 6.04 Å². The minimum absolute atomic E-state index is 0.0946. The predicted octanol–water partition coefficient (Wildman–Crippen LogP) is -1.48. The van der Waals surface area contributed by atoms with Gasteiger partial charge in [-0.1, -0.05) is 0 Å². The van der Waals surface area contributed by atoms with Crippen molar-refractivity contribution in [1.29, 1.82) is 0 Å². The van der Waals surface area contributed by atoms with Gasteiger partial charge in [-0.15, -0.1) is 0 Å². The summed E-state index contributed by atoms with van der Waals surface area (Å²) in [5, 5.41) is 9.79. The topological polar surface area (TPSA) is 130 Å². The largest absolute Gasteiger partial charge is 0.459 e. The van der Waals surface area contributed by atoms with E-state index in [0.29, 0.717) is 0 Å². The summed E-state index contributed by atoms with van der Waals surface area (Å²) in [6.07, 6.45) is 3.29. The fourth-order valence-electron chi connectivity index (χ4n) is 1.64. The molecule has 0 bridgehead atoms. The third-order valence-electron chi connectivity index (χ3n) is 2.99. The molecule has 9 heteroatoms. The van der Waals surface area contributed by atoms with Crippen LogP contribution in [0.3, 0.4) is 0 Å². The Kier molecular flexibility index (Phi) is 5.73. The van der Waals surface area contributed by atoms with E-state index >= 15 is 0 Å². The number of carbonyl (C=O) groups is 4. The second kappa shape index (κ2) is 7.97. The van der Waals surface area contributed by atoms with Crippen molar-refractivity contribution >= 4 is 23.6 Å². The minimum Gasteiger partial charge on any atom is -0.459 e. The Bertz CT molecular complexity index is 580. The Labute approximate surface area is 132 Å². The Morgan fingerprint density at radius 3 is 2.13 bits per heavy atom. The molecule has 0 aliphatic heterocycles. The fourth-order valence-corrected chi connectivity index (χ4v) is 1.64. The van der Waals surface area contributed by atoms with Crippen LogP contribution < -0.4 is 21.3 Å². The van der Waals surface area contributed by atoms with E-state index in [1.54, 1.807) is 6.07 Å². The highest BCUT2D eigenvalue weighted by Gasteiger charge is 2.23. The molecule has 1 saturated carbocycles. The molecule has 4 N–H and O–H groups in total. The fraction of sp³-hybridized carbons (Fsp3) is 0.429. The Hall–Kier alpha value is -2.84. The number of furan rings is 1. The van der Waals surface area contributed by atoms with Crippen molar-refractivity contribution in [3.63, 3.8) is 0 Å². The summed E-state index contributed by atoms with van der Waals surface area (Å²) in [5.41, 5.74) is 0. The molecule has 0 radical (unpaired) electrons. The molecule has 1 aromatic rings. The van der Waals surface area contributed by atoms with Crippen molar-refractivity contribution in [2.45, 2.75) is 18.9 Å². The van der Waals surface area contributed by atoms with Gasteiger partial charge in [-0.3, -0.25) is 19.2 Å². The molecule has 0 aromatic carbocycles. The first kappa shape index (κ1) is 16.5. The number of carbonyl (C=O) groups excluding carboxylic acids is 4. The van der Waals surface area contributed by atoms with Crippen LogP contribution in [0, 0.1) is 0 Å². The third-order valence-corrected chi connectivity index (χ3v) is 2.99. The summed E-state index contributed by atoms with van der Waals surface area (Å²) < 4.78 is 4.87. The Morgan fingerprint density at radius 2 is 1.57 bits per heavy atom. The van der Waals surface area contributed by atoms with Gasteiger partial charge in [-0.25, -0.2) is 0 Å². The number of hydrogen-bond donors (Lipinski definition) is 4. The average molecular weight is 322 g/mol. The lowest BCUT2D eigenvalue weighted by atomic mass is 10.4. The van der Waals surface area contributed by atoms with Crippen molar-refractivity contribution in [3.8, 4) is 0 Å². The molecule has 0 spiro atoms. The van der Waals surface area contributed by atoms with Crippen molar-refractivity contribution < 1.29 is 23.6 Å². The highest BCUT2D eigenvalue weighted by atomic mass is 16.3. The molecular weight excluding hydrogens is 304 g/mol. The van der Waals surface area contributed by atoms with Crippen molar-refractivity contribution in [2.24, 2.45) is 0 Å². The van der Waals surface area contributed by atoms with Gasteiger partial charge in [0.15, 0.2) is 5.76 Å². The summed E-state index contributed by atoms with van der Waals surface area (Å²) in [5.74, 6) is -1.69. The number of rotatable bonds is 8. The molecule has 124 valence electrons. The maximum absolute atomic E-state index is 11.5. The third kappa shape index (κ3) is 6.20. The van der Waals surface area contributed by atoms with Crippen LogP contribution in [0.4, 0.5) is 0 Å². The first-order valence-electron chi connectivity index (χ1n) is 7.19. The van der Waals surface area contributed by atoms with E-state index < -0.39 is 17.7 Å². The molecule has 0 unspecified atom stereocenters. The Morgan fingerprint density at radius 1 is 0.957 bits per heavy atom. The second-order valence-electron chi connectivity index (χ2n) is 5.06. The molecule has 1 fully saturated rings. The van der Waals surface area contributed by atoms with Gasteiger partial charge in [0.2, 0.25) is 17.7 Å². The molecule has 0 saturated heterocycles. The highest BCUT2D eigenvalue weighted by Crippen LogP contribution is 2.18. The molecule has 1 aromatic heterocycles. The van der Waals surface area contributed by atoms with Gasteiger partial charge >= 0.3 is 0 Å². The van der Waals surface area contributed by atoms with E-state index in [0.717, 1.165) is 12.8 Å². The van der Waals surface area contributed by atoms with E-state index in [1.165, 1.54) is 12.3 Å². The van der Waals surface area contributed by atoms with Crippen LogP contribution in [0.5, 0.6) is 0 Å². The van der Waals surface area contributed by atoms with Crippen molar-refractivity contribution in [1.82, 2.24) is 21.3 Å². The van der Waals surface area contributed by atoms with E-state index in [1.807, 2.05) is 0 Å². The van der Waals surface area contributed by atoms with Gasteiger partial charge in [0.1, 0.15) is 0 Å². The first-order chi connectivity index (χ1) is 11.0. The zero-order valence-electron chi connectivity index (χ0n) is 12.4. The molecule has 0 atom stereocenters. The SMILES string of the molecule is O=C(CNC(=O)CNC(=O)c1ccco1)NCC(=O)NC1CC1. The summed E-state index contributed by atoms with van der Waals surface area (Å²) in [6, 6.07) is 3.25. The molecule has 9 nitrogen and oxygen atoms in total. The summed E-state index contributed by atoms with van der Waals surface area (Å²) in [4.78, 5) is 45.8. The monoisotopic (exact) mass is 322 g/mol. The van der Waals surface area contributed by atoms with Gasteiger partial charge in [-0.2, -0.15) is 0 Å². The molecule has 1 aliphatic rings. The summed E-state index contributed by atoms with van der Waals surface area (Å²) in [6.45, 7) is -0.679. The number of nitrogens with one attached hydrogen (secondary N) is 4. The van der Waals surface area contributed by atoms with Crippen LogP contribution in [0.1, 0.15) is 23.4 Å². The van der Waals surface area contributed by atoms with Crippen LogP contribution in [0.25, 0.3) is 0 Å².